The van der Waals surface area contributed by atoms with Gasteiger partial charge in [0.2, 0.25) is 0 Å². The number of aromatic nitrogens is 2. The van der Waals surface area contributed by atoms with Gasteiger partial charge in [-0.25, -0.2) is 19.6 Å². The number of rotatable bonds is 39. The molecule has 500 valence electrons. The van der Waals surface area contributed by atoms with E-state index in [9.17, 15) is 28.8 Å². The molecule has 1 heterocycles. The smallest absolute Gasteiger partial charge is 0.330 e. The summed E-state index contributed by atoms with van der Waals surface area (Å²) in [5, 5.41) is 0. The highest BCUT2D eigenvalue weighted by Gasteiger charge is 2.34. The fraction of sp³-hybridized carbons (Fsp3) is 0.440. The molecular weight excluding hydrogens is 1200 g/mol. The highest BCUT2D eigenvalue weighted by atomic mass is 16.6. The lowest BCUT2D eigenvalue weighted by molar-refractivity contribution is -0.152. The molecule has 2 fully saturated rings. The van der Waals surface area contributed by atoms with Gasteiger partial charge in [-0.05, 0) is 175 Å². The molecule has 0 bridgehead atoms. The Morgan fingerprint density at radius 2 is 0.798 bits per heavy atom. The largest absolute Gasteiger partial charge is 0.494 e. The number of hydrogen-bond donors (Lipinski definition) is 0. The Labute approximate surface area is 550 Å². The quantitative estimate of drug-likeness (QED) is 0.0115. The molecule has 0 unspecified atom stereocenters. The van der Waals surface area contributed by atoms with E-state index in [4.69, 9.17) is 62.1 Å². The molecule has 0 atom stereocenters. The second kappa shape index (κ2) is 38.9. The summed E-state index contributed by atoms with van der Waals surface area (Å²) in [6.07, 6.45) is 14.6. The van der Waals surface area contributed by atoms with E-state index >= 15 is 0 Å². The van der Waals surface area contributed by atoms with E-state index in [0.29, 0.717) is 168 Å². The molecule has 2 aliphatic rings. The second-order valence-corrected chi connectivity index (χ2v) is 23.4. The maximum absolute atomic E-state index is 13.8. The van der Waals surface area contributed by atoms with Gasteiger partial charge in [0, 0.05) is 49.3 Å². The van der Waals surface area contributed by atoms with Crippen molar-refractivity contribution in [2.75, 3.05) is 73.2 Å². The Balaban J connectivity index is 0.808. The molecule has 0 N–H and O–H groups in total. The van der Waals surface area contributed by atoms with Crippen molar-refractivity contribution >= 4 is 46.8 Å². The van der Waals surface area contributed by atoms with Gasteiger partial charge >= 0.3 is 35.8 Å². The van der Waals surface area contributed by atoms with Crippen LogP contribution in [-0.2, 0) is 70.0 Å². The van der Waals surface area contributed by atoms with E-state index in [0.717, 1.165) is 74.0 Å². The second-order valence-electron chi connectivity index (χ2n) is 23.4. The molecule has 1 aromatic heterocycles. The van der Waals surface area contributed by atoms with Crippen LogP contribution in [0.2, 0.25) is 0 Å². The number of esters is 6. The Morgan fingerprint density at radius 3 is 1.24 bits per heavy atom. The number of fused-ring (bicyclic) bond motifs is 1. The summed E-state index contributed by atoms with van der Waals surface area (Å²) in [5.74, 6) is -0.756. The summed E-state index contributed by atoms with van der Waals surface area (Å²) in [4.78, 5) is 86.5. The summed E-state index contributed by atoms with van der Waals surface area (Å²) in [6.45, 7) is 10.8. The van der Waals surface area contributed by atoms with Gasteiger partial charge in [0.1, 0.15) is 35.4 Å². The minimum absolute atomic E-state index is 0.244. The van der Waals surface area contributed by atoms with Crippen molar-refractivity contribution in [3.8, 4) is 51.3 Å². The molecule has 0 amide bonds. The van der Waals surface area contributed by atoms with Crippen LogP contribution in [0, 0.1) is 23.7 Å². The summed E-state index contributed by atoms with van der Waals surface area (Å²) >= 11 is 0. The molecule has 8 rings (SSSR count). The Morgan fingerprint density at radius 1 is 0.394 bits per heavy atom. The molecule has 19 nitrogen and oxygen atoms in total. The zero-order valence-electron chi connectivity index (χ0n) is 54.0. The van der Waals surface area contributed by atoms with Crippen molar-refractivity contribution in [3.63, 3.8) is 0 Å². The summed E-state index contributed by atoms with van der Waals surface area (Å²) in [7, 11) is 1.62. The van der Waals surface area contributed by atoms with Crippen LogP contribution in [0.1, 0.15) is 114 Å². The van der Waals surface area contributed by atoms with Crippen molar-refractivity contribution in [2.45, 2.75) is 116 Å². The van der Waals surface area contributed by atoms with Crippen molar-refractivity contribution in [1.29, 1.82) is 0 Å². The number of ether oxygens (including phenoxy) is 11. The van der Waals surface area contributed by atoms with Crippen molar-refractivity contribution in [1.82, 2.24) is 9.97 Å². The number of carbonyl (C=O) groups excluding carboxylic acids is 6. The SMILES string of the molecule is C=CC(=O)OCCCCCCOc1ccc(CCOC(=O)C2CCC(C(=O)Oc3cccc(-c4nc5ccc(OCCOCCOC)cc5nc4-c4cccc(OC(=O)C5CCC(C(=O)OCCc6ccc(OCCCCCCOC(=O)C=C)cc6)CC5)c4)c3)CC2)cc1. The van der Waals surface area contributed by atoms with Gasteiger partial charge in [-0.15, -0.1) is 0 Å². The lowest BCUT2D eigenvalue weighted by atomic mass is 9.82. The number of carbonyl (C=O) groups is 6. The zero-order valence-corrected chi connectivity index (χ0v) is 54.0. The van der Waals surface area contributed by atoms with Crippen molar-refractivity contribution in [3.05, 3.63) is 152 Å². The topological polar surface area (TPSA) is 230 Å². The maximum Gasteiger partial charge on any atom is 0.330 e. The molecule has 0 saturated heterocycles. The van der Waals surface area contributed by atoms with Crippen molar-refractivity contribution in [2.24, 2.45) is 23.7 Å². The minimum Gasteiger partial charge on any atom is -0.494 e. The van der Waals surface area contributed by atoms with E-state index in [1.165, 1.54) is 12.2 Å². The predicted octanol–water partition coefficient (Wildman–Crippen LogP) is 13.3. The fourth-order valence-corrected chi connectivity index (χ4v) is 11.2. The lowest BCUT2D eigenvalue weighted by Crippen LogP contribution is -2.29. The first-order valence-electron chi connectivity index (χ1n) is 33.0. The molecule has 6 aromatic rings. The minimum atomic E-state index is -0.407. The third-order valence-electron chi connectivity index (χ3n) is 16.6. The van der Waals surface area contributed by atoms with Gasteiger partial charge in [-0.2, -0.15) is 0 Å². The molecule has 0 radical (unpaired) electrons. The van der Waals surface area contributed by atoms with Gasteiger partial charge in [0.15, 0.2) is 0 Å². The van der Waals surface area contributed by atoms with Crippen LogP contribution in [0.25, 0.3) is 33.5 Å². The van der Waals surface area contributed by atoms with E-state index in [1.807, 2.05) is 78.9 Å². The van der Waals surface area contributed by atoms with Crippen LogP contribution < -0.4 is 23.7 Å². The highest BCUT2D eigenvalue weighted by Crippen LogP contribution is 2.37. The highest BCUT2D eigenvalue weighted by molar-refractivity contribution is 5.88. The first-order chi connectivity index (χ1) is 45.9. The fourth-order valence-electron chi connectivity index (χ4n) is 11.2. The van der Waals surface area contributed by atoms with Gasteiger partial charge < -0.3 is 52.1 Å². The zero-order chi connectivity index (χ0) is 66.1. The average molecular weight is 1290 g/mol. The van der Waals surface area contributed by atoms with Gasteiger partial charge in [0.25, 0.3) is 0 Å². The van der Waals surface area contributed by atoms with Crippen LogP contribution in [0.3, 0.4) is 0 Å². The molecule has 2 aliphatic carbocycles. The lowest BCUT2D eigenvalue weighted by Gasteiger charge is -2.26. The number of hydrogen-bond acceptors (Lipinski definition) is 19. The predicted molar refractivity (Wildman–Crippen MR) is 353 cm³/mol. The summed E-state index contributed by atoms with van der Waals surface area (Å²) in [6, 6.07) is 35.3. The number of unbranched alkanes of at least 4 members (excludes halogenated alkanes) is 6. The van der Waals surface area contributed by atoms with Crippen LogP contribution in [0.5, 0.6) is 28.7 Å². The summed E-state index contributed by atoms with van der Waals surface area (Å²) < 4.78 is 62.0. The number of benzene rings is 5. The average Bonchev–Trinajstić information content (AvgIpc) is 0.842. The van der Waals surface area contributed by atoms with Crippen LogP contribution >= 0.6 is 0 Å². The van der Waals surface area contributed by atoms with Gasteiger partial charge in [-0.1, -0.05) is 61.7 Å². The third kappa shape index (κ3) is 23.6. The van der Waals surface area contributed by atoms with Crippen LogP contribution in [-0.4, -0.2) is 119 Å². The molecule has 94 heavy (non-hydrogen) atoms. The van der Waals surface area contributed by atoms with Crippen molar-refractivity contribution < 1.29 is 80.9 Å². The van der Waals surface area contributed by atoms with E-state index in [2.05, 4.69) is 13.2 Å². The Hall–Kier alpha value is -8.94. The maximum atomic E-state index is 13.8. The standard InChI is InChI=1S/C75H88N2O17/c1-4-68(78)89-42-12-8-6-10-40-86-61-32-20-53(21-33-61)38-44-91-72(80)55-24-28-57(29-25-55)74(82)93-64-18-14-16-59(50-64)70-71(77-67-52-63(36-37-66(67)76-70)88-49-48-85-47-46-84-3)60-17-15-19-65(51-60)94-75(83)58-30-26-56(27-31-58)73(81)92-45-39-54-22-34-62(35-23-54)87-41-11-7-9-13-43-90-69(79)5-2/h4-5,14-23,32-37,50-52,55-58H,1-2,6-13,24-31,38-49H2,3H3. The number of methoxy groups -OCH3 is 1. The van der Waals surface area contributed by atoms with Crippen LogP contribution in [0.4, 0.5) is 0 Å². The molecule has 2 saturated carbocycles. The molecule has 0 aliphatic heterocycles. The Kier molecular flexibility index (Phi) is 29.4. The molecular formula is C75H88N2O17. The number of nitrogens with zero attached hydrogens (tertiary/aromatic N) is 2. The van der Waals surface area contributed by atoms with Gasteiger partial charge in [0.05, 0.1) is 106 Å². The van der Waals surface area contributed by atoms with Crippen LogP contribution in [0.15, 0.2) is 141 Å². The summed E-state index contributed by atoms with van der Waals surface area (Å²) in [5.41, 5.74) is 5.41. The molecule has 0 spiro atoms. The third-order valence-corrected chi connectivity index (χ3v) is 16.6. The van der Waals surface area contributed by atoms with E-state index in [1.54, 1.807) is 43.5 Å². The molecule has 5 aromatic carbocycles. The normalized spacial score (nSPS) is 16.0. The molecule has 19 heteroatoms. The Bertz CT molecular complexity index is 3410. The first-order valence-corrected chi connectivity index (χ1v) is 33.0. The monoisotopic (exact) mass is 1290 g/mol. The van der Waals surface area contributed by atoms with Gasteiger partial charge in [-0.3, -0.25) is 19.2 Å². The van der Waals surface area contributed by atoms with E-state index in [-0.39, 0.29) is 48.9 Å². The first kappa shape index (κ1) is 70.9. The van der Waals surface area contributed by atoms with E-state index < -0.39 is 23.8 Å².